The van der Waals surface area contributed by atoms with E-state index in [9.17, 15) is 9.90 Å². The van der Waals surface area contributed by atoms with Gasteiger partial charge in [0.2, 0.25) is 5.91 Å². The zero-order valence-electron chi connectivity index (χ0n) is 14.3. The number of nitrogens with one attached hydrogen (secondary N) is 1. The highest BCUT2D eigenvalue weighted by Crippen LogP contribution is 2.17. The Hall–Kier alpha value is -0.650. The molecule has 128 valence electrons. The van der Waals surface area contributed by atoms with Crippen LogP contribution < -0.4 is 5.32 Å². The van der Waals surface area contributed by atoms with Crippen molar-refractivity contribution in [2.24, 2.45) is 5.92 Å². The van der Waals surface area contributed by atoms with Gasteiger partial charge < -0.3 is 15.3 Å². The fourth-order valence-electron chi connectivity index (χ4n) is 3.61. The van der Waals surface area contributed by atoms with Crippen LogP contribution in [0.15, 0.2) is 0 Å². The molecule has 2 aliphatic heterocycles. The largest absolute Gasteiger partial charge is 0.390 e. The van der Waals surface area contributed by atoms with E-state index in [1.165, 1.54) is 19.3 Å². The lowest BCUT2D eigenvalue weighted by Gasteiger charge is -2.34. The normalized spacial score (nSPS) is 26.8. The lowest BCUT2D eigenvalue weighted by molar-refractivity contribution is -0.128. The molecule has 2 N–H and O–H groups in total. The van der Waals surface area contributed by atoms with E-state index in [0.717, 1.165) is 44.9 Å². The second-order valence-electron chi connectivity index (χ2n) is 7.02. The molecule has 0 saturated carbocycles. The molecule has 5 heteroatoms. The van der Waals surface area contributed by atoms with Crippen LogP contribution in [0, 0.1) is 5.92 Å². The van der Waals surface area contributed by atoms with Gasteiger partial charge in [0, 0.05) is 13.1 Å². The standard InChI is InChI=1S/C17H33N3O2/c1-3-20-9-5-4-6-16(20)17(22)18-12-15(21)13-19-10-7-14(2)8-11-19/h14-16,21H,3-13H2,1-2H3,(H,18,22)/t15-,16-/m0/s1. The van der Waals surface area contributed by atoms with Gasteiger partial charge in [0.15, 0.2) is 0 Å². The number of aliphatic hydroxyl groups is 1. The Kier molecular flexibility index (Phi) is 7.12. The van der Waals surface area contributed by atoms with Crippen LogP contribution in [-0.2, 0) is 4.79 Å². The molecule has 0 bridgehead atoms. The van der Waals surface area contributed by atoms with Crippen LogP contribution >= 0.6 is 0 Å². The lowest BCUT2D eigenvalue weighted by Crippen LogP contribution is -2.51. The van der Waals surface area contributed by atoms with Crippen molar-refractivity contribution in [2.75, 3.05) is 39.3 Å². The molecule has 0 spiro atoms. The molecule has 2 rings (SSSR count). The second-order valence-corrected chi connectivity index (χ2v) is 7.02. The summed E-state index contributed by atoms with van der Waals surface area (Å²) in [5, 5.41) is 13.1. The summed E-state index contributed by atoms with van der Waals surface area (Å²) in [7, 11) is 0. The van der Waals surface area contributed by atoms with E-state index in [1.54, 1.807) is 0 Å². The van der Waals surface area contributed by atoms with Gasteiger partial charge in [0.05, 0.1) is 12.1 Å². The summed E-state index contributed by atoms with van der Waals surface area (Å²) in [6.07, 6.45) is 5.23. The third-order valence-electron chi connectivity index (χ3n) is 5.18. The van der Waals surface area contributed by atoms with E-state index in [1.807, 2.05) is 0 Å². The fraction of sp³-hybridized carbons (Fsp3) is 0.941. The molecular weight excluding hydrogens is 278 g/mol. The topological polar surface area (TPSA) is 55.8 Å². The van der Waals surface area contributed by atoms with E-state index in [-0.39, 0.29) is 11.9 Å². The van der Waals surface area contributed by atoms with Crippen molar-refractivity contribution in [1.29, 1.82) is 0 Å². The Morgan fingerprint density at radius 2 is 1.95 bits per heavy atom. The summed E-state index contributed by atoms with van der Waals surface area (Å²) in [5.74, 6) is 0.896. The number of carbonyl (C=O) groups is 1. The Labute approximate surface area is 135 Å². The average Bonchev–Trinajstić information content (AvgIpc) is 2.54. The maximum atomic E-state index is 12.3. The lowest BCUT2D eigenvalue weighted by atomic mass is 9.99. The first-order valence-corrected chi connectivity index (χ1v) is 9.02. The fourth-order valence-corrected chi connectivity index (χ4v) is 3.61. The van der Waals surface area contributed by atoms with Gasteiger partial charge >= 0.3 is 0 Å². The number of likely N-dealkylation sites (tertiary alicyclic amines) is 2. The monoisotopic (exact) mass is 311 g/mol. The Morgan fingerprint density at radius 1 is 1.23 bits per heavy atom. The van der Waals surface area contributed by atoms with Gasteiger partial charge in [0.1, 0.15) is 0 Å². The van der Waals surface area contributed by atoms with Crippen molar-refractivity contribution in [3.63, 3.8) is 0 Å². The van der Waals surface area contributed by atoms with Crippen molar-refractivity contribution in [1.82, 2.24) is 15.1 Å². The molecule has 5 nitrogen and oxygen atoms in total. The van der Waals surface area contributed by atoms with Crippen LogP contribution in [0.5, 0.6) is 0 Å². The number of rotatable bonds is 6. The quantitative estimate of drug-likeness (QED) is 0.770. The highest BCUT2D eigenvalue weighted by molar-refractivity contribution is 5.81. The third-order valence-corrected chi connectivity index (χ3v) is 5.18. The summed E-state index contributed by atoms with van der Waals surface area (Å²) < 4.78 is 0. The molecule has 2 heterocycles. The number of aliphatic hydroxyl groups excluding tert-OH is 1. The third kappa shape index (κ3) is 5.21. The van der Waals surface area contributed by atoms with E-state index < -0.39 is 6.10 Å². The van der Waals surface area contributed by atoms with Crippen molar-refractivity contribution in [2.45, 2.75) is 58.1 Å². The summed E-state index contributed by atoms with van der Waals surface area (Å²) >= 11 is 0. The van der Waals surface area contributed by atoms with Gasteiger partial charge in [-0.3, -0.25) is 9.69 Å². The SMILES string of the molecule is CCN1CCCC[C@H]1C(=O)NC[C@H](O)CN1CCC(C)CC1. The number of nitrogens with zero attached hydrogens (tertiary/aromatic N) is 2. The van der Waals surface area contributed by atoms with Crippen LogP contribution in [0.4, 0.5) is 0 Å². The Morgan fingerprint density at radius 3 is 2.64 bits per heavy atom. The van der Waals surface area contributed by atoms with Crippen molar-refractivity contribution in [3.05, 3.63) is 0 Å². The van der Waals surface area contributed by atoms with Crippen LogP contribution in [0.2, 0.25) is 0 Å². The van der Waals surface area contributed by atoms with Gasteiger partial charge in [-0.2, -0.15) is 0 Å². The summed E-state index contributed by atoms with van der Waals surface area (Å²) in [4.78, 5) is 16.9. The molecule has 0 aliphatic carbocycles. The highest BCUT2D eigenvalue weighted by atomic mass is 16.3. The Bertz CT molecular complexity index is 343. The molecule has 2 aliphatic rings. The molecule has 1 amide bonds. The minimum absolute atomic E-state index is 0.00165. The number of carbonyl (C=O) groups excluding carboxylic acids is 1. The number of hydrogen-bond acceptors (Lipinski definition) is 4. The number of piperidine rings is 2. The van der Waals surface area contributed by atoms with Crippen molar-refractivity contribution >= 4 is 5.91 Å². The first kappa shape index (κ1) is 17.7. The molecule has 0 radical (unpaired) electrons. The van der Waals surface area contributed by atoms with Gasteiger partial charge in [-0.25, -0.2) is 0 Å². The predicted octanol–water partition coefficient (Wildman–Crippen LogP) is 1.07. The van der Waals surface area contributed by atoms with Crippen LogP contribution in [-0.4, -0.2) is 72.2 Å². The van der Waals surface area contributed by atoms with E-state index in [0.29, 0.717) is 13.1 Å². The minimum atomic E-state index is -0.462. The van der Waals surface area contributed by atoms with E-state index in [4.69, 9.17) is 0 Å². The van der Waals surface area contributed by atoms with Gasteiger partial charge in [-0.1, -0.05) is 20.3 Å². The molecular formula is C17H33N3O2. The molecule has 2 saturated heterocycles. The number of likely N-dealkylation sites (N-methyl/N-ethyl adjacent to an activating group) is 1. The summed E-state index contributed by atoms with van der Waals surface area (Å²) in [6, 6.07) is 0.00165. The van der Waals surface area contributed by atoms with Crippen molar-refractivity contribution in [3.8, 4) is 0 Å². The summed E-state index contributed by atoms with van der Waals surface area (Å²) in [5.41, 5.74) is 0. The maximum Gasteiger partial charge on any atom is 0.237 e. The van der Waals surface area contributed by atoms with Crippen molar-refractivity contribution < 1.29 is 9.90 Å². The highest BCUT2D eigenvalue weighted by Gasteiger charge is 2.27. The van der Waals surface area contributed by atoms with Crippen LogP contribution in [0.25, 0.3) is 0 Å². The minimum Gasteiger partial charge on any atom is -0.390 e. The average molecular weight is 311 g/mol. The maximum absolute atomic E-state index is 12.3. The second kappa shape index (κ2) is 8.85. The molecule has 2 fully saturated rings. The molecule has 0 unspecified atom stereocenters. The predicted molar refractivity (Wildman–Crippen MR) is 88.7 cm³/mol. The smallest absolute Gasteiger partial charge is 0.237 e. The molecule has 22 heavy (non-hydrogen) atoms. The number of hydrogen-bond donors (Lipinski definition) is 2. The van der Waals surface area contributed by atoms with Crippen LogP contribution in [0.3, 0.4) is 0 Å². The van der Waals surface area contributed by atoms with E-state index in [2.05, 4.69) is 29.0 Å². The molecule has 0 aromatic rings. The number of β-amino-alcohol motifs (C(OH)–C–C–N with tert-alkyl or cyclic N) is 1. The van der Waals surface area contributed by atoms with E-state index >= 15 is 0 Å². The Balaban J connectivity index is 1.68. The van der Waals surface area contributed by atoms with Gasteiger partial charge in [0.25, 0.3) is 0 Å². The summed E-state index contributed by atoms with van der Waals surface area (Å²) in [6.45, 7) is 9.52. The number of amides is 1. The molecule has 2 atom stereocenters. The first-order valence-electron chi connectivity index (χ1n) is 9.02. The van der Waals surface area contributed by atoms with Gasteiger partial charge in [-0.05, 0) is 57.8 Å². The first-order chi connectivity index (χ1) is 10.6. The van der Waals surface area contributed by atoms with Crippen LogP contribution in [0.1, 0.15) is 46.0 Å². The molecule has 0 aromatic carbocycles. The zero-order chi connectivity index (χ0) is 15.9. The van der Waals surface area contributed by atoms with Gasteiger partial charge in [-0.15, -0.1) is 0 Å². The molecule has 0 aromatic heterocycles. The zero-order valence-corrected chi connectivity index (χ0v) is 14.3.